The molecule has 164 valence electrons. The van der Waals surface area contributed by atoms with Gasteiger partial charge in [0, 0.05) is 32.3 Å². The SMILES string of the molecule is CN=C(NCc1ccc(COCC(F)(F)F)cc1)NCc1ccc([N+](=O)[O-])cc1.I. The summed E-state index contributed by atoms with van der Waals surface area (Å²) in [5.74, 6) is 0.543. The summed E-state index contributed by atoms with van der Waals surface area (Å²) in [6, 6.07) is 13.2. The number of nitro benzene ring substituents is 1. The molecule has 2 rings (SSSR count). The standard InChI is InChI=1S/C19H21F3N4O3.HI/c1-23-18(25-11-15-6-8-17(9-7-15)26(27)28)24-10-14-2-4-16(5-3-14)12-29-13-19(20,21)22;/h2-9H,10-13H2,1H3,(H2,23,24,25);1H. The molecule has 0 spiro atoms. The lowest BCUT2D eigenvalue weighted by molar-refractivity contribution is -0.384. The molecule has 30 heavy (non-hydrogen) atoms. The zero-order valence-corrected chi connectivity index (χ0v) is 18.4. The Bertz CT molecular complexity index is 828. The molecule has 7 nitrogen and oxygen atoms in total. The Hall–Kier alpha value is -2.41. The summed E-state index contributed by atoms with van der Waals surface area (Å²) in [7, 11) is 1.62. The van der Waals surface area contributed by atoms with Crippen LogP contribution in [0.25, 0.3) is 0 Å². The van der Waals surface area contributed by atoms with Crippen LogP contribution in [0.15, 0.2) is 53.5 Å². The lowest BCUT2D eigenvalue weighted by Gasteiger charge is -2.12. The minimum atomic E-state index is -4.33. The van der Waals surface area contributed by atoms with Gasteiger partial charge in [-0.25, -0.2) is 0 Å². The Morgan fingerprint density at radius 1 is 1.00 bits per heavy atom. The third kappa shape index (κ3) is 9.39. The molecule has 0 heterocycles. The minimum Gasteiger partial charge on any atom is -0.367 e. The minimum absolute atomic E-state index is 0. The van der Waals surface area contributed by atoms with Crippen LogP contribution in [0, 0.1) is 10.1 Å². The van der Waals surface area contributed by atoms with Gasteiger partial charge in [-0.05, 0) is 16.7 Å². The topological polar surface area (TPSA) is 88.8 Å². The molecule has 0 atom stereocenters. The molecule has 0 radical (unpaired) electrons. The number of benzene rings is 2. The zero-order chi connectivity index (χ0) is 21.3. The van der Waals surface area contributed by atoms with E-state index >= 15 is 0 Å². The van der Waals surface area contributed by atoms with E-state index in [9.17, 15) is 23.3 Å². The van der Waals surface area contributed by atoms with Crippen molar-refractivity contribution in [1.82, 2.24) is 10.6 Å². The predicted octanol–water partition coefficient (Wildman–Crippen LogP) is 4.16. The second-order valence-electron chi connectivity index (χ2n) is 6.13. The van der Waals surface area contributed by atoms with Crippen molar-refractivity contribution in [2.24, 2.45) is 4.99 Å². The van der Waals surface area contributed by atoms with E-state index in [2.05, 4.69) is 20.4 Å². The molecular formula is C19H22F3IN4O3. The van der Waals surface area contributed by atoms with Crippen molar-refractivity contribution in [1.29, 1.82) is 0 Å². The number of ether oxygens (including phenoxy) is 1. The van der Waals surface area contributed by atoms with Crippen molar-refractivity contribution in [2.75, 3.05) is 13.7 Å². The molecule has 2 aromatic carbocycles. The maximum Gasteiger partial charge on any atom is 0.411 e. The molecule has 0 aliphatic rings. The second kappa shape index (κ2) is 12.3. The van der Waals surface area contributed by atoms with Crippen molar-refractivity contribution < 1.29 is 22.8 Å². The molecule has 0 aliphatic carbocycles. The van der Waals surface area contributed by atoms with Crippen LogP contribution in [0.3, 0.4) is 0 Å². The van der Waals surface area contributed by atoms with Gasteiger partial charge in [0.1, 0.15) is 6.61 Å². The van der Waals surface area contributed by atoms with Gasteiger partial charge in [-0.2, -0.15) is 13.2 Å². The van der Waals surface area contributed by atoms with Gasteiger partial charge >= 0.3 is 6.18 Å². The number of rotatable bonds is 8. The summed E-state index contributed by atoms with van der Waals surface area (Å²) >= 11 is 0. The Kier molecular flexibility index (Phi) is 10.5. The van der Waals surface area contributed by atoms with Crippen LogP contribution in [0.4, 0.5) is 18.9 Å². The van der Waals surface area contributed by atoms with E-state index in [0.717, 1.165) is 11.1 Å². The number of non-ortho nitro benzene ring substituents is 1. The summed E-state index contributed by atoms with van der Waals surface area (Å²) in [5, 5.41) is 16.9. The van der Waals surface area contributed by atoms with Gasteiger partial charge in [-0.3, -0.25) is 15.1 Å². The Labute approximate surface area is 188 Å². The van der Waals surface area contributed by atoms with E-state index in [-0.39, 0.29) is 36.3 Å². The molecule has 2 aromatic rings. The fourth-order valence-corrected chi connectivity index (χ4v) is 2.37. The summed E-state index contributed by atoms with van der Waals surface area (Å²) in [6.07, 6.45) is -4.33. The van der Waals surface area contributed by atoms with Gasteiger partial charge in [0.05, 0.1) is 11.5 Å². The highest BCUT2D eigenvalue weighted by atomic mass is 127. The van der Waals surface area contributed by atoms with E-state index in [4.69, 9.17) is 0 Å². The predicted molar refractivity (Wildman–Crippen MR) is 118 cm³/mol. The monoisotopic (exact) mass is 538 g/mol. The van der Waals surface area contributed by atoms with Gasteiger partial charge in [0.2, 0.25) is 0 Å². The molecule has 0 amide bonds. The van der Waals surface area contributed by atoms with Crippen molar-refractivity contribution in [3.05, 3.63) is 75.3 Å². The van der Waals surface area contributed by atoms with E-state index in [0.29, 0.717) is 24.6 Å². The van der Waals surface area contributed by atoms with Crippen LogP contribution >= 0.6 is 24.0 Å². The van der Waals surface area contributed by atoms with Gasteiger partial charge in [0.15, 0.2) is 5.96 Å². The first-order valence-electron chi connectivity index (χ1n) is 8.67. The molecule has 0 aliphatic heterocycles. The molecule has 0 aromatic heterocycles. The van der Waals surface area contributed by atoms with E-state index in [1.807, 2.05) is 0 Å². The molecule has 11 heteroatoms. The number of nitrogens with zero attached hydrogens (tertiary/aromatic N) is 2. The van der Waals surface area contributed by atoms with Crippen LogP contribution in [-0.2, 0) is 24.4 Å². The van der Waals surface area contributed by atoms with Crippen molar-refractivity contribution in [3.63, 3.8) is 0 Å². The molecule has 0 bridgehead atoms. The highest BCUT2D eigenvalue weighted by Gasteiger charge is 2.27. The molecule has 2 N–H and O–H groups in total. The van der Waals surface area contributed by atoms with Crippen LogP contribution in [0.1, 0.15) is 16.7 Å². The highest BCUT2D eigenvalue weighted by Crippen LogP contribution is 2.16. The van der Waals surface area contributed by atoms with E-state index in [1.54, 1.807) is 43.4 Å². The first-order chi connectivity index (χ1) is 13.8. The average Bonchev–Trinajstić information content (AvgIpc) is 2.68. The Balaban J connectivity index is 0.00000450. The first kappa shape index (κ1) is 25.6. The van der Waals surface area contributed by atoms with Crippen molar-refractivity contribution in [2.45, 2.75) is 25.9 Å². The van der Waals surface area contributed by atoms with Crippen LogP contribution in [0.5, 0.6) is 0 Å². The zero-order valence-electron chi connectivity index (χ0n) is 16.1. The van der Waals surface area contributed by atoms with Crippen LogP contribution < -0.4 is 10.6 Å². The highest BCUT2D eigenvalue weighted by molar-refractivity contribution is 14.0. The van der Waals surface area contributed by atoms with Crippen LogP contribution in [0.2, 0.25) is 0 Å². The molecule has 0 unspecified atom stereocenters. The Morgan fingerprint density at radius 3 is 1.90 bits per heavy atom. The fraction of sp³-hybridized carbons (Fsp3) is 0.316. The van der Waals surface area contributed by atoms with E-state index < -0.39 is 17.7 Å². The summed E-state index contributed by atoms with van der Waals surface area (Å²) in [5.41, 5.74) is 2.46. The second-order valence-corrected chi connectivity index (χ2v) is 6.13. The summed E-state index contributed by atoms with van der Waals surface area (Å²) in [6.45, 7) is -0.477. The summed E-state index contributed by atoms with van der Waals surface area (Å²) < 4.78 is 40.9. The molecule has 0 saturated heterocycles. The lowest BCUT2D eigenvalue weighted by atomic mass is 10.1. The Morgan fingerprint density at radius 2 is 1.47 bits per heavy atom. The quantitative estimate of drug-likeness (QED) is 0.173. The summed E-state index contributed by atoms with van der Waals surface area (Å²) in [4.78, 5) is 14.3. The number of nitro groups is 1. The van der Waals surface area contributed by atoms with Gasteiger partial charge in [0.25, 0.3) is 5.69 Å². The fourth-order valence-electron chi connectivity index (χ4n) is 2.37. The third-order valence-electron chi connectivity index (χ3n) is 3.85. The average molecular weight is 538 g/mol. The normalized spacial score (nSPS) is 11.5. The largest absolute Gasteiger partial charge is 0.411 e. The molecule has 0 saturated carbocycles. The maximum atomic E-state index is 12.1. The maximum absolute atomic E-state index is 12.1. The number of nitrogens with one attached hydrogen (secondary N) is 2. The molecular weight excluding hydrogens is 516 g/mol. The van der Waals surface area contributed by atoms with Crippen LogP contribution in [-0.4, -0.2) is 30.7 Å². The number of guanidine groups is 1. The molecule has 0 fully saturated rings. The first-order valence-corrected chi connectivity index (χ1v) is 8.67. The number of alkyl halides is 3. The van der Waals surface area contributed by atoms with Crippen molar-refractivity contribution >= 4 is 35.6 Å². The van der Waals surface area contributed by atoms with Crippen molar-refractivity contribution in [3.8, 4) is 0 Å². The van der Waals surface area contributed by atoms with Gasteiger partial charge < -0.3 is 15.4 Å². The lowest BCUT2D eigenvalue weighted by Crippen LogP contribution is -2.36. The number of halogens is 4. The third-order valence-corrected chi connectivity index (χ3v) is 3.85. The number of aliphatic imine (C=N–C) groups is 1. The van der Waals surface area contributed by atoms with Gasteiger partial charge in [-0.1, -0.05) is 36.4 Å². The number of hydrogen-bond donors (Lipinski definition) is 2. The van der Waals surface area contributed by atoms with Gasteiger partial charge in [-0.15, -0.1) is 24.0 Å². The van der Waals surface area contributed by atoms with E-state index in [1.165, 1.54) is 12.1 Å². The smallest absolute Gasteiger partial charge is 0.367 e. The number of hydrogen-bond acceptors (Lipinski definition) is 4.